The fourth-order valence-electron chi connectivity index (χ4n) is 2.99. The monoisotopic (exact) mass is 370 g/mol. The molecule has 28 heavy (non-hydrogen) atoms. The Balaban J connectivity index is 1.90. The van der Waals surface area contributed by atoms with E-state index in [2.05, 4.69) is 16.7 Å². The number of oxazole rings is 1. The number of hydrogen-bond donors (Lipinski definition) is 1. The molecule has 0 aliphatic rings. The standard InChI is InChI=1S/C23H18N2O3/c1-15(13-17-9-5-3-6-10-17)14-19-23(26)27-22(24-19)20-16(2)28-25-21(20)18-11-7-4-8-12-18/h3-14,24H,2H2,1H3/b15-13+,19-14-,22-20?. The van der Waals surface area contributed by atoms with Gasteiger partial charge in [0.2, 0.25) is 5.55 Å². The van der Waals surface area contributed by atoms with Crippen LogP contribution < -0.4 is 16.4 Å². The summed E-state index contributed by atoms with van der Waals surface area (Å²) in [6, 6.07) is 19.4. The molecule has 0 saturated carbocycles. The molecule has 1 N–H and O–H groups in total. The van der Waals surface area contributed by atoms with Crippen molar-refractivity contribution in [1.29, 1.82) is 0 Å². The van der Waals surface area contributed by atoms with Gasteiger partial charge >= 0.3 is 5.63 Å². The minimum Gasteiger partial charge on any atom is -0.404 e. The number of benzene rings is 2. The summed E-state index contributed by atoms with van der Waals surface area (Å²) in [7, 11) is 0. The SMILES string of the molecule is C=c1onc(-c2ccccc2)c1=c1[nH]/c(=C\C(C)=C\c2ccccc2)c(=O)o1. The smallest absolute Gasteiger partial charge is 0.361 e. The summed E-state index contributed by atoms with van der Waals surface area (Å²) in [5.41, 5.74) is 3.52. The van der Waals surface area contributed by atoms with Crippen LogP contribution in [-0.4, -0.2) is 10.1 Å². The molecule has 0 aliphatic heterocycles. The topological polar surface area (TPSA) is 72.0 Å². The maximum Gasteiger partial charge on any atom is 0.361 e. The Morgan fingerprint density at radius 1 is 1.07 bits per heavy atom. The molecule has 0 atom stereocenters. The van der Waals surface area contributed by atoms with Crippen molar-refractivity contribution >= 4 is 18.7 Å². The number of nitrogens with one attached hydrogen (secondary N) is 1. The molecule has 5 nitrogen and oxygen atoms in total. The third-order valence-corrected chi connectivity index (χ3v) is 4.27. The van der Waals surface area contributed by atoms with Gasteiger partial charge < -0.3 is 13.9 Å². The summed E-state index contributed by atoms with van der Waals surface area (Å²) in [5, 5.41) is 4.96. The minimum atomic E-state index is -0.463. The molecule has 0 fully saturated rings. The number of allylic oxidation sites excluding steroid dienone is 1. The average Bonchev–Trinajstić information content (AvgIpc) is 3.25. The minimum absolute atomic E-state index is 0.272. The van der Waals surface area contributed by atoms with Crippen LogP contribution in [0.15, 0.2) is 80.0 Å². The van der Waals surface area contributed by atoms with Crippen molar-refractivity contribution in [2.24, 2.45) is 0 Å². The Bertz CT molecular complexity index is 1390. The average molecular weight is 370 g/mol. The van der Waals surface area contributed by atoms with Gasteiger partial charge in [-0.25, -0.2) is 4.79 Å². The highest BCUT2D eigenvalue weighted by atomic mass is 16.5. The van der Waals surface area contributed by atoms with E-state index in [1.807, 2.05) is 73.7 Å². The van der Waals surface area contributed by atoms with E-state index in [-0.39, 0.29) is 5.55 Å². The van der Waals surface area contributed by atoms with E-state index in [0.717, 1.165) is 16.7 Å². The second-order valence-corrected chi connectivity index (χ2v) is 6.40. The molecule has 4 rings (SSSR count). The second-order valence-electron chi connectivity index (χ2n) is 6.40. The van der Waals surface area contributed by atoms with Crippen LogP contribution in [0.4, 0.5) is 0 Å². The van der Waals surface area contributed by atoms with E-state index in [1.54, 1.807) is 6.08 Å². The van der Waals surface area contributed by atoms with Gasteiger partial charge in [0.25, 0.3) is 0 Å². The molecule has 138 valence electrons. The maximum absolute atomic E-state index is 12.4. The zero-order chi connectivity index (χ0) is 19.5. The lowest BCUT2D eigenvalue weighted by Crippen LogP contribution is -2.20. The van der Waals surface area contributed by atoms with Crippen molar-refractivity contribution in [3.8, 4) is 11.3 Å². The molecule has 0 amide bonds. The molecule has 0 saturated heterocycles. The lowest BCUT2D eigenvalue weighted by molar-refractivity contribution is 0.396. The summed E-state index contributed by atoms with van der Waals surface area (Å²) in [4.78, 5) is 15.4. The van der Waals surface area contributed by atoms with E-state index in [1.165, 1.54) is 0 Å². The molecule has 5 heteroatoms. The van der Waals surface area contributed by atoms with Gasteiger partial charge in [-0.1, -0.05) is 78.5 Å². The van der Waals surface area contributed by atoms with Crippen LogP contribution in [0.5, 0.6) is 0 Å². The van der Waals surface area contributed by atoms with Crippen molar-refractivity contribution in [1.82, 2.24) is 10.1 Å². The summed E-state index contributed by atoms with van der Waals surface area (Å²) < 4.78 is 10.7. The molecular weight excluding hydrogens is 352 g/mol. The Morgan fingerprint density at radius 3 is 2.46 bits per heavy atom. The lowest BCUT2D eigenvalue weighted by Gasteiger charge is -1.93. The van der Waals surface area contributed by atoms with Crippen molar-refractivity contribution in [2.45, 2.75) is 6.92 Å². The van der Waals surface area contributed by atoms with Crippen molar-refractivity contribution in [3.63, 3.8) is 0 Å². The fraction of sp³-hybridized carbons (Fsp3) is 0.0435. The van der Waals surface area contributed by atoms with Gasteiger partial charge in [0.15, 0.2) is 5.42 Å². The van der Waals surface area contributed by atoms with Crippen molar-refractivity contribution < 1.29 is 8.94 Å². The Labute approximate surface area is 160 Å². The van der Waals surface area contributed by atoms with Gasteiger partial charge in [-0.05, 0) is 24.1 Å². The molecule has 0 aliphatic carbocycles. The van der Waals surface area contributed by atoms with Crippen LogP contribution >= 0.6 is 0 Å². The molecule has 0 bridgehead atoms. The lowest BCUT2D eigenvalue weighted by atomic mass is 10.1. The number of rotatable bonds is 3. The molecule has 2 heterocycles. The number of H-pyrrole nitrogens is 1. The molecule has 2 aromatic carbocycles. The second kappa shape index (κ2) is 7.40. The highest BCUT2D eigenvalue weighted by Gasteiger charge is 2.09. The van der Waals surface area contributed by atoms with E-state index in [9.17, 15) is 4.79 Å². The molecular formula is C23H18N2O3. The molecule has 4 aromatic rings. The normalized spacial score (nSPS) is 13.8. The maximum atomic E-state index is 12.4. The first-order chi connectivity index (χ1) is 13.6. The van der Waals surface area contributed by atoms with Crippen LogP contribution in [-0.2, 0) is 0 Å². The van der Waals surface area contributed by atoms with E-state index in [4.69, 9.17) is 8.94 Å². The molecule has 0 radical (unpaired) electrons. The fourth-order valence-corrected chi connectivity index (χ4v) is 2.99. The van der Waals surface area contributed by atoms with Crippen LogP contribution in [0, 0.1) is 10.8 Å². The van der Waals surface area contributed by atoms with E-state index < -0.39 is 5.63 Å². The third-order valence-electron chi connectivity index (χ3n) is 4.27. The van der Waals surface area contributed by atoms with Crippen LogP contribution in [0.1, 0.15) is 12.5 Å². The molecule has 0 unspecified atom stereocenters. The summed E-state index contributed by atoms with van der Waals surface area (Å²) >= 11 is 0. The van der Waals surface area contributed by atoms with Gasteiger partial charge in [-0.15, -0.1) is 0 Å². The largest absolute Gasteiger partial charge is 0.404 e. The van der Waals surface area contributed by atoms with Gasteiger partial charge in [0.1, 0.15) is 16.3 Å². The van der Waals surface area contributed by atoms with Crippen LogP contribution in [0.2, 0.25) is 0 Å². The first kappa shape index (κ1) is 17.5. The van der Waals surface area contributed by atoms with Crippen molar-refractivity contribution in [2.75, 3.05) is 0 Å². The van der Waals surface area contributed by atoms with Gasteiger partial charge in [-0.2, -0.15) is 0 Å². The Morgan fingerprint density at radius 2 is 1.75 bits per heavy atom. The third kappa shape index (κ3) is 3.50. The number of aromatic nitrogens is 2. The highest BCUT2D eigenvalue weighted by molar-refractivity contribution is 5.63. The summed E-state index contributed by atoms with van der Waals surface area (Å²) in [5.74, 6) is 0. The number of hydrogen-bond acceptors (Lipinski definition) is 4. The molecule has 0 spiro atoms. The predicted molar refractivity (Wildman–Crippen MR) is 108 cm³/mol. The molecule has 2 aromatic heterocycles. The zero-order valence-corrected chi connectivity index (χ0v) is 15.3. The zero-order valence-electron chi connectivity index (χ0n) is 15.3. The van der Waals surface area contributed by atoms with E-state index >= 15 is 0 Å². The number of aromatic amines is 1. The highest BCUT2D eigenvalue weighted by Crippen LogP contribution is 2.16. The van der Waals surface area contributed by atoms with Crippen LogP contribution in [0.3, 0.4) is 0 Å². The predicted octanol–water partition coefficient (Wildman–Crippen LogP) is 3.20. The Kier molecular flexibility index (Phi) is 4.64. The summed E-state index contributed by atoms with van der Waals surface area (Å²) in [6.45, 7) is 5.79. The Hall–Kier alpha value is -3.86. The van der Waals surface area contributed by atoms with E-state index in [0.29, 0.717) is 21.7 Å². The van der Waals surface area contributed by atoms with Gasteiger partial charge in [-0.3, -0.25) is 0 Å². The van der Waals surface area contributed by atoms with Crippen LogP contribution in [0.25, 0.3) is 30.0 Å². The van der Waals surface area contributed by atoms with Gasteiger partial charge in [0.05, 0.1) is 0 Å². The summed E-state index contributed by atoms with van der Waals surface area (Å²) in [6.07, 6.45) is 3.74. The number of nitrogens with zero attached hydrogens (tertiary/aromatic N) is 1. The quantitative estimate of drug-likeness (QED) is 0.601. The van der Waals surface area contributed by atoms with Crippen molar-refractivity contribution in [3.05, 3.63) is 104 Å². The first-order valence-corrected chi connectivity index (χ1v) is 8.80. The first-order valence-electron chi connectivity index (χ1n) is 8.80. The van der Waals surface area contributed by atoms with Gasteiger partial charge in [0, 0.05) is 5.56 Å².